The lowest BCUT2D eigenvalue weighted by Gasteiger charge is -2.17. The van der Waals surface area contributed by atoms with Crippen molar-refractivity contribution in [2.45, 2.75) is 19.9 Å². The molecule has 0 aliphatic carbocycles. The van der Waals surface area contributed by atoms with Crippen molar-refractivity contribution < 1.29 is 13.7 Å². The second-order valence-electron chi connectivity index (χ2n) is 8.02. The van der Waals surface area contributed by atoms with Gasteiger partial charge in [-0.2, -0.15) is 4.98 Å². The first-order valence-electron chi connectivity index (χ1n) is 10.8. The largest absolute Gasteiger partial charge is 0.337 e. The highest BCUT2D eigenvalue weighted by Gasteiger charge is 2.28. The van der Waals surface area contributed by atoms with Crippen LogP contribution < -0.4 is 5.32 Å². The van der Waals surface area contributed by atoms with E-state index >= 15 is 0 Å². The summed E-state index contributed by atoms with van der Waals surface area (Å²) in [6, 6.07) is 12.7. The Bertz CT molecular complexity index is 1450. The maximum Gasteiger partial charge on any atom is 0.291 e. The number of benzene rings is 1. The highest BCUT2D eigenvalue weighted by atomic mass is 32.1. The molecule has 176 valence electrons. The first kappa shape index (κ1) is 22.5. The van der Waals surface area contributed by atoms with Crippen LogP contribution in [0.4, 0.5) is 4.39 Å². The third-order valence-electron chi connectivity index (χ3n) is 5.20. The summed E-state index contributed by atoms with van der Waals surface area (Å²) < 4.78 is 20.8. The zero-order valence-corrected chi connectivity index (χ0v) is 19.6. The van der Waals surface area contributed by atoms with Gasteiger partial charge in [0.2, 0.25) is 17.5 Å². The fourth-order valence-corrected chi connectivity index (χ4v) is 4.16. The molecule has 0 saturated carbocycles. The molecule has 35 heavy (non-hydrogen) atoms. The predicted octanol–water partition coefficient (Wildman–Crippen LogP) is 4.71. The van der Waals surface area contributed by atoms with Crippen LogP contribution in [-0.4, -0.2) is 35.8 Å². The number of amides is 1. The van der Waals surface area contributed by atoms with Gasteiger partial charge in [0.1, 0.15) is 11.9 Å². The number of halogens is 1. The first-order valence-corrected chi connectivity index (χ1v) is 11.7. The van der Waals surface area contributed by atoms with E-state index in [-0.39, 0.29) is 17.6 Å². The van der Waals surface area contributed by atoms with Crippen LogP contribution in [0.3, 0.4) is 0 Å². The summed E-state index contributed by atoms with van der Waals surface area (Å²) in [6.45, 7) is 3.86. The monoisotopic (exact) mass is 489 g/mol. The average Bonchev–Trinajstić information content (AvgIpc) is 3.63. The van der Waals surface area contributed by atoms with E-state index in [1.165, 1.54) is 28.2 Å². The fraction of sp³-hybridized carbons (Fsp3) is 0.167. The topological polar surface area (TPSA) is 112 Å². The third-order valence-corrected chi connectivity index (χ3v) is 6.07. The second-order valence-corrected chi connectivity index (χ2v) is 8.96. The molecule has 0 aliphatic rings. The Labute approximate surface area is 203 Å². The minimum absolute atomic E-state index is 0.0582. The SMILES string of the molecule is CC(C)C(NC(=O)c1nc(-c2cccs2)n(-c2cccc(F)c2)n1)c1nc(-c2ccncc2)no1. The number of pyridine rings is 1. The van der Waals surface area contributed by atoms with E-state index in [9.17, 15) is 9.18 Å². The molecule has 5 rings (SSSR count). The van der Waals surface area contributed by atoms with Crippen molar-refractivity contribution in [1.82, 2.24) is 35.2 Å². The number of aromatic nitrogens is 6. The Morgan fingerprint density at radius 1 is 1.11 bits per heavy atom. The Hall–Kier alpha value is -4.25. The van der Waals surface area contributed by atoms with Gasteiger partial charge in [-0.25, -0.2) is 14.1 Å². The molecule has 1 atom stereocenters. The van der Waals surface area contributed by atoms with Gasteiger partial charge in [0, 0.05) is 18.0 Å². The van der Waals surface area contributed by atoms with E-state index in [2.05, 4.69) is 30.5 Å². The molecule has 0 bridgehead atoms. The smallest absolute Gasteiger partial charge is 0.291 e. The fourth-order valence-electron chi connectivity index (χ4n) is 3.46. The molecule has 1 amide bonds. The summed E-state index contributed by atoms with van der Waals surface area (Å²) in [5.41, 5.74) is 1.21. The quantitative estimate of drug-likeness (QED) is 0.352. The molecule has 4 heterocycles. The van der Waals surface area contributed by atoms with E-state index in [4.69, 9.17) is 4.52 Å². The maximum atomic E-state index is 13.9. The Kier molecular flexibility index (Phi) is 6.15. The lowest BCUT2D eigenvalue weighted by molar-refractivity contribution is 0.0903. The van der Waals surface area contributed by atoms with Gasteiger partial charge >= 0.3 is 0 Å². The summed E-state index contributed by atoms with van der Waals surface area (Å²) in [5, 5.41) is 13.2. The molecule has 0 radical (unpaired) electrons. The number of nitrogens with one attached hydrogen (secondary N) is 1. The summed E-state index contributed by atoms with van der Waals surface area (Å²) in [4.78, 5) is 26.9. The van der Waals surface area contributed by atoms with Crippen molar-refractivity contribution in [2.24, 2.45) is 5.92 Å². The molecule has 0 spiro atoms. The zero-order valence-electron chi connectivity index (χ0n) is 18.8. The summed E-state index contributed by atoms with van der Waals surface area (Å²) in [5.74, 6) is 0.0558. The Morgan fingerprint density at radius 2 is 1.94 bits per heavy atom. The van der Waals surface area contributed by atoms with E-state index in [1.54, 1.807) is 36.7 Å². The second kappa shape index (κ2) is 9.55. The Balaban J connectivity index is 1.46. The molecule has 0 aliphatic heterocycles. The standard InChI is InChI=1S/C24H20FN7O2S/c1-14(2)19(24-29-20(31-34-24)15-8-10-26-11-9-15)27-23(33)21-28-22(18-7-4-12-35-18)32(30-21)17-6-3-5-16(25)13-17/h3-14,19H,1-2H3,(H,27,33). The van der Waals surface area contributed by atoms with Crippen molar-refractivity contribution in [3.63, 3.8) is 0 Å². The van der Waals surface area contributed by atoms with Crippen LogP contribution in [0.25, 0.3) is 27.8 Å². The minimum Gasteiger partial charge on any atom is -0.337 e. The van der Waals surface area contributed by atoms with Crippen LogP contribution in [0.15, 0.2) is 70.8 Å². The van der Waals surface area contributed by atoms with Crippen LogP contribution in [0.2, 0.25) is 0 Å². The highest BCUT2D eigenvalue weighted by molar-refractivity contribution is 7.13. The van der Waals surface area contributed by atoms with Crippen molar-refractivity contribution >= 4 is 17.2 Å². The summed E-state index contributed by atoms with van der Waals surface area (Å²) >= 11 is 1.44. The molecule has 1 aromatic carbocycles. The molecule has 11 heteroatoms. The van der Waals surface area contributed by atoms with Gasteiger partial charge in [0.25, 0.3) is 5.91 Å². The van der Waals surface area contributed by atoms with Gasteiger partial charge in [0.15, 0.2) is 5.82 Å². The lowest BCUT2D eigenvalue weighted by Crippen LogP contribution is -2.32. The Morgan fingerprint density at radius 3 is 2.66 bits per heavy atom. The maximum absolute atomic E-state index is 13.9. The number of hydrogen-bond donors (Lipinski definition) is 1. The predicted molar refractivity (Wildman–Crippen MR) is 127 cm³/mol. The number of thiophene rings is 1. The van der Waals surface area contributed by atoms with Gasteiger partial charge in [-0.3, -0.25) is 9.78 Å². The molecule has 9 nitrogen and oxygen atoms in total. The third kappa shape index (κ3) is 4.71. The van der Waals surface area contributed by atoms with Gasteiger partial charge in [-0.15, -0.1) is 16.4 Å². The molecule has 5 aromatic rings. The number of carbonyl (C=O) groups excluding carboxylic acids is 1. The normalized spacial score (nSPS) is 12.1. The van der Waals surface area contributed by atoms with E-state index in [0.29, 0.717) is 17.3 Å². The molecular weight excluding hydrogens is 469 g/mol. The number of rotatable bonds is 7. The lowest BCUT2D eigenvalue weighted by atomic mass is 10.0. The summed E-state index contributed by atoms with van der Waals surface area (Å²) in [6.07, 6.45) is 3.28. The van der Waals surface area contributed by atoms with E-state index < -0.39 is 17.8 Å². The number of nitrogens with zero attached hydrogens (tertiary/aromatic N) is 6. The summed E-state index contributed by atoms with van der Waals surface area (Å²) in [7, 11) is 0. The van der Waals surface area contributed by atoms with Gasteiger partial charge in [0.05, 0.1) is 10.6 Å². The molecule has 0 fully saturated rings. The molecular formula is C24H20FN7O2S. The minimum atomic E-state index is -0.572. The molecule has 1 N–H and O–H groups in total. The van der Waals surface area contributed by atoms with E-state index in [1.807, 2.05) is 31.4 Å². The average molecular weight is 490 g/mol. The van der Waals surface area contributed by atoms with Gasteiger partial charge < -0.3 is 9.84 Å². The van der Waals surface area contributed by atoms with Crippen molar-refractivity contribution in [1.29, 1.82) is 0 Å². The highest BCUT2D eigenvalue weighted by Crippen LogP contribution is 2.27. The number of carbonyl (C=O) groups is 1. The van der Waals surface area contributed by atoms with Crippen LogP contribution in [-0.2, 0) is 0 Å². The molecule has 4 aromatic heterocycles. The molecule has 0 saturated heterocycles. The van der Waals surface area contributed by atoms with E-state index in [0.717, 1.165) is 10.4 Å². The first-order chi connectivity index (χ1) is 17.0. The number of hydrogen-bond acceptors (Lipinski definition) is 8. The van der Waals surface area contributed by atoms with Gasteiger partial charge in [-0.1, -0.05) is 31.1 Å². The van der Waals surface area contributed by atoms with Crippen LogP contribution in [0.5, 0.6) is 0 Å². The van der Waals surface area contributed by atoms with Gasteiger partial charge in [-0.05, 0) is 47.7 Å². The van der Waals surface area contributed by atoms with Crippen LogP contribution in [0.1, 0.15) is 36.4 Å². The zero-order chi connectivity index (χ0) is 24.4. The van der Waals surface area contributed by atoms with Crippen molar-refractivity contribution in [2.75, 3.05) is 0 Å². The van der Waals surface area contributed by atoms with Crippen LogP contribution in [0, 0.1) is 11.7 Å². The van der Waals surface area contributed by atoms with Crippen molar-refractivity contribution in [3.8, 4) is 27.8 Å². The van der Waals surface area contributed by atoms with Crippen LogP contribution >= 0.6 is 11.3 Å². The van der Waals surface area contributed by atoms with Crippen molar-refractivity contribution in [3.05, 3.63) is 83.8 Å². The molecule has 1 unspecified atom stereocenters.